The normalized spacial score (nSPS) is 14.3. The molecule has 0 fully saturated rings. The molecule has 1 aliphatic heterocycles. The Morgan fingerprint density at radius 3 is 2.88 bits per heavy atom. The lowest BCUT2D eigenvalue weighted by molar-refractivity contribution is 0.606. The van der Waals surface area contributed by atoms with Gasteiger partial charge < -0.3 is 10.6 Å². The van der Waals surface area contributed by atoms with Gasteiger partial charge in [0.15, 0.2) is 5.96 Å². The lowest BCUT2D eigenvalue weighted by Gasteiger charge is -2.15. The summed E-state index contributed by atoms with van der Waals surface area (Å²) < 4.78 is 13.3. The number of nitrogens with one attached hydrogen (secondary N) is 2. The van der Waals surface area contributed by atoms with Crippen molar-refractivity contribution in [1.82, 2.24) is 10.6 Å². The molecule has 1 aromatic rings. The van der Waals surface area contributed by atoms with Crippen LogP contribution in [0, 0.1) is 5.82 Å². The number of benzene rings is 1. The maximum atomic E-state index is 13.3. The quantitative estimate of drug-likeness (QED) is 0.819. The van der Waals surface area contributed by atoms with E-state index in [0.717, 1.165) is 31.0 Å². The predicted octanol–water partition coefficient (Wildman–Crippen LogP) is 1.93. The summed E-state index contributed by atoms with van der Waals surface area (Å²) in [5, 5.41) is 6.33. The minimum absolute atomic E-state index is 0. The first-order valence-electron chi connectivity index (χ1n) is 5.62. The fraction of sp³-hybridized carbons (Fsp3) is 0.417. The van der Waals surface area contributed by atoms with Crippen molar-refractivity contribution in [1.29, 1.82) is 0 Å². The van der Waals surface area contributed by atoms with Crippen molar-refractivity contribution in [3.05, 3.63) is 35.6 Å². The zero-order valence-corrected chi connectivity index (χ0v) is 11.9. The van der Waals surface area contributed by atoms with Gasteiger partial charge in [0.1, 0.15) is 5.82 Å². The Balaban J connectivity index is 0.00000144. The second-order valence-electron chi connectivity index (χ2n) is 3.78. The predicted molar refractivity (Wildman–Crippen MR) is 78.4 cm³/mol. The number of halogens is 2. The SMILES string of the molecule is Fc1ccccc1CCNC1=NCCCN1.I. The highest BCUT2D eigenvalue weighted by Crippen LogP contribution is 2.06. The summed E-state index contributed by atoms with van der Waals surface area (Å²) in [6, 6.07) is 6.87. The molecule has 1 heterocycles. The van der Waals surface area contributed by atoms with Crippen LogP contribution in [0.5, 0.6) is 0 Å². The molecule has 94 valence electrons. The van der Waals surface area contributed by atoms with Gasteiger partial charge >= 0.3 is 0 Å². The average Bonchev–Trinajstić information content (AvgIpc) is 2.33. The first-order valence-corrected chi connectivity index (χ1v) is 5.62. The molecule has 0 aliphatic carbocycles. The van der Waals surface area contributed by atoms with E-state index in [0.29, 0.717) is 13.0 Å². The number of hydrogen-bond acceptors (Lipinski definition) is 3. The lowest BCUT2D eigenvalue weighted by atomic mass is 10.1. The zero-order valence-electron chi connectivity index (χ0n) is 9.58. The van der Waals surface area contributed by atoms with Crippen molar-refractivity contribution in [2.45, 2.75) is 12.8 Å². The number of guanidine groups is 1. The van der Waals surface area contributed by atoms with E-state index in [-0.39, 0.29) is 29.8 Å². The van der Waals surface area contributed by atoms with Crippen molar-refractivity contribution < 1.29 is 4.39 Å². The Labute approximate surface area is 118 Å². The Hall–Kier alpha value is -0.850. The average molecular weight is 349 g/mol. The van der Waals surface area contributed by atoms with E-state index in [1.165, 1.54) is 6.07 Å². The number of rotatable bonds is 3. The molecule has 1 aromatic carbocycles. The summed E-state index contributed by atoms with van der Waals surface area (Å²) in [6.07, 6.45) is 1.76. The highest BCUT2D eigenvalue weighted by molar-refractivity contribution is 14.0. The molecule has 0 bridgehead atoms. The van der Waals surface area contributed by atoms with Gasteiger partial charge in [0, 0.05) is 19.6 Å². The van der Waals surface area contributed by atoms with E-state index < -0.39 is 0 Å². The molecule has 5 heteroatoms. The van der Waals surface area contributed by atoms with Crippen LogP contribution < -0.4 is 10.6 Å². The van der Waals surface area contributed by atoms with Crippen LogP contribution in [0.1, 0.15) is 12.0 Å². The highest BCUT2D eigenvalue weighted by atomic mass is 127. The maximum absolute atomic E-state index is 13.3. The van der Waals surface area contributed by atoms with Gasteiger partial charge in [-0.2, -0.15) is 0 Å². The number of hydrogen-bond donors (Lipinski definition) is 2. The zero-order chi connectivity index (χ0) is 11.2. The molecule has 0 unspecified atom stereocenters. The molecule has 0 saturated carbocycles. The van der Waals surface area contributed by atoms with E-state index in [9.17, 15) is 4.39 Å². The molecule has 0 saturated heterocycles. The number of nitrogens with zero attached hydrogens (tertiary/aromatic N) is 1. The van der Waals surface area contributed by atoms with Gasteiger partial charge in [0.2, 0.25) is 0 Å². The second-order valence-corrected chi connectivity index (χ2v) is 3.78. The largest absolute Gasteiger partial charge is 0.356 e. The Morgan fingerprint density at radius 1 is 1.35 bits per heavy atom. The van der Waals surface area contributed by atoms with Crippen LogP contribution >= 0.6 is 24.0 Å². The second kappa shape index (κ2) is 7.47. The van der Waals surface area contributed by atoms with Crippen LogP contribution in [-0.4, -0.2) is 25.6 Å². The summed E-state index contributed by atoms with van der Waals surface area (Å²) in [6.45, 7) is 2.54. The van der Waals surface area contributed by atoms with Crippen LogP contribution in [0.3, 0.4) is 0 Å². The summed E-state index contributed by atoms with van der Waals surface area (Å²) in [5.41, 5.74) is 0.742. The summed E-state index contributed by atoms with van der Waals surface area (Å²) in [4.78, 5) is 4.28. The van der Waals surface area contributed by atoms with E-state index in [1.807, 2.05) is 12.1 Å². The van der Waals surface area contributed by atoms with Gasteiger partial charge in [-0.1, -0.05) is 18.2 Å². The lowest BCUT2D eigenvalue weighted by Crippen LogP contribution is -2.41. The van der Waals surface area contributed by atoms with Crippen molar-refractivity contribution in [2.24, 2.45) is 4.99 Å². The first-order chi connectivity index (χ1) is 7.86. The fourth-order valence-electron chi connectivity index (χ4n) is 1.67. The van der Waals surface area contributed by atoms with Gasteiger partial charge in [-0.25, -0.2) is 4.39 Å². The number of aliphatic imine (C=N–C) groups is 1. The van der Waals surface area contributed by atoms with E-state index in [2.05, 4.69) is 15.6 Å². The third kappa shape index (κ3) is 4.49. The van der Waals surface area contributed by atoms with Crippen molar-refractivity contribution in [3.63, 3.8) is 0 Å². The summed E-state index contributed by atoms with van der Waals surface area (Å²) in [5.74, 6) is 0.699. The standard InChI is InChI=1S/C12H16FN3.HI/c13-11-5-2-1-4-10(11)6-9-16-12-14-7-3-8-15-12;/h1-2,4-5H,3,6-9H2,(H2,14,15,16);1H. The molecular weight excluding hydrogens is 332 g/mol. The Morgan fingerprint density at radius 2 is 2.18 bits per heavy atom. The first kappa shape index (κ1) is 14.2. The fourth-order valence-corrected chi connectivity index (χ4v) is 1.67. The van der Waals surface area contributed by atoms with Gasteiger partial charge in [-0.05, 0) is 24.5 Å². The highest BCUT2D eigenvalue weighted by Gasteiger charge is 2.04. The molecule has 0 atom stereocenters. The molecule has 0 spiro atoms. The van der Waals surface area contributed by atoms with E-state index in [4.69, 9.17) is 0 Å². The Kier molecular flexibility index (Phi) is 6.25. The molecular formula is C12H17FIN3. The molecule has 2 rings (SSSR count). The minimum Gasteiger partial charge on any atom is -0.356 e. The minimum atomic E-state index is -0.136. The van der Waals surface area contributed by atoms with Crippen LogP contribution in [0.4, 0.5) is 4.39 Å². The van der Waals surface area contributed by atoms with Crippen LogP contribution in [0.2, 0.25) is 0 Å². The van der Waals surface area contributed by atoms with Crippen molar-refractivity contribution in [3.8, 4) is 0 Å². The van der Waals surface area contributed by atoms with E-state index in [1.54, 1.807) is 6.07 Å². The van der Waals surface area contributed by atoms with Gasteiger partial charge in [-0.3, -0.25) is 4.99 Å². The van der Waals surface area contributed by atoms with Crippen molar-refractivity contribution >= 4 is 29.9 Å². The summed E-state index contributed by atoms with van der Waals surface area (Å²) >= 11 is 0. The van der Waals surface area contributed by atoms with E-state index >= 15 is 0 Å². The molecule has 17 heavy (non-hydrogen) atoms. The maximum Gasteiger partial charge on any atom is 0.191 e. The van der Waals surface area contributed by atoms with Gasteiger partial charge in [-0.15, -0.1) is 24.0 Å². The van der Waals surface area contributed by atoms with Crippen LogP contribution in [0.25, 0.3) is 0 Å². The van der Waals surface area contributed by atoms with Crippen molar-refractivity contribution in [2.75, 3.05) is 19.6 Å². The molecule has 3 nitrogen and oxygen atoms in total. The monoisotopic (exact) mass is 349 g/mol. The topological polar surface area (TPSA) is 36.4 Å². The van der Waals surface area contributed by atoms with Crippen LogP contribution in [0.15, 0.2) is 29.3 Å². The molecule has 0 radical (unpaired) electrons. The third-order valence-corrected chi connectivity index (χ3v) is 2.54. The molecule has 1 aliphatic rings. The van der Waals surface area contributed by atoms with Gasteiger partial charge in [0.25, 0.3) is 0 Å². The molecule has 0 aromatic heterocycles. The molecule has 0 amide bonds. The van der Waals surface area contributed by atoms with Crippen LogP contribution in [-0.2, 0) is 6.42 Å². The van der Waals surface area contributed by atoms with Gasteiger partial charge in [0.05, 0.1) is 0 Å². The Bertz CT molecular complexity index is 382. The third-order valence-electron chi connectivity index (χ3n) is 2.54. The smallest absolute Gasteiger partial charge is 0.191 e. The summed E-state index contributed by atoms with van der Waals surface area (Å²) in [7, 11) is 0. The molecule has 2 N–H and O–H groups in total.